The second-order valence-electron chi connectivity index (χ2n) is 4.37. The van der Waals surface area contributed by atoms with Crippen LogP contribution in [0.15, 0.2) is 47.4 Å². The van der Waals surface area contributed by atoms with Gasteiger partial charge in [0.2, 0.25) is 0 Å². The van der Waals surface area contributed by atoms with Gasteiger partial charge in [-0.25, -0.2) is 4.39 Å². The van der Waals surface area contributed by atoms with E-state index in [1.165, 1.54) is 17.8 Å². The summed E-state index contributed by atoms with van der Waals surface area (Å²) in [5.74, 6) is 1.25. The van der Waals surface area contributed by atoms with Crippen molar-refractivity contribution in [3.63, 3.8) is 0 Å². The molecule has 2 aromatic rings. The van der Waals surface area contributed by atoms with Crippen LogP contribution in [0, 0.1) is 5.82 Å². The molecule has 0 aromatic heterocycles. The Hall–Kier alpha value is -1.72. The predicted octanol–water partition coefficient (Wildman–Crippen LogP) is 3.67. The van der Waals surface area contributed by atoms with Crippen molar-refractivity contribution < 1.29 is 19.0 Å². The van der Waals surface area contributed by atoms with E-state index in [-0.39, 0.29) is 5.82 Å². The van der Waals surface area contributed by atoms with Crippen molar-refractivity contribution in [2.24, 2.45) is 0 Å². The number of hydrogen-bond acceptors (Lipinski definition) is 4. The molecule has 0 fully saturated rings. The molecule has 2 aromatic carbocycles. The van der Waals surface area contributed by atoms with E-state index in [0.717, 1.165) is 0 Å². The zero-order valence-corrected chi connectivity index (χ0v) is 12.7. The van der Waals surface area contributed by atoms with Crippen molar-refractivity contribution in [1.29, 1.82) is 0 Å². The first-order valence-electron chi connectivity index (χ1n) is 6.43. The molecule has 0 aliphatic rings. The summed E-state index contributed by atoms with van der Waals surface area (Å²) in [4.78, 5) is 0.525. The van der Waals surface area contributed by atoms with Crippen LogP contribution in [0.5, 0.6) is 11.5 Å². The van der Waals surface area contributed by atoms with Gasteiger partial charge in [0.1, 0.15) is 5.82 Å². The Morgan fingerprint density at radius 2 is 1.81 bits per heavy atom. The summed E-state index contributed by atoms with van der Waals surface area (Å²) in [6, 6.07) is 11.8. The molecule has 1 unspecified atom stereocenters. The van der Waals surface area contributed by atoms with Crippen LogP contribution in [0.3, 0.4) is 0 Å². The summed E-state index contributed by atoms with van der Waals surface area (Å²) in [6.07, 6.45) is -0.714. The lowest BCUT2D eigenvalue weighted by molar-refractivity contribution is 0.203. The zero-order chi connectivity index (χ0) is 15.2. The average Bonchev–Trinajstić information content (AvgIpc) is 2.53. The number of aliphatic hydroxyl groups excluding tert-OH is 1. The van der Waals surface area contributed by atoms with E-state index in [1.54, 1.807) is 50.6 Å². The number of ether oxygens (including phenoxy) is 2. The molecule has 0 saturated heterocycles. The molecule has 0 amide bonds. The molecular weight excluding hydrogens is 291 g/mol. The molecule has 5 heteroatoms. The van der Waals surface area contributed by atoms with Crippen molar-refractivity contribution in [2.75, 3.05) is 20.0 Å². The predicted molar refractivity (Wildman–Crippen MR) is 81.6 cm³/mol. The maximum atomic E-state index is 13.5. The SMILES string of the molecule is COc1ccc(C(O)CSc2ccccc2F)cc1OC. The summed E-state index contributed by atoms with van der Waals surface area (Å²) in [5, 5.41) is 10.2. The Balaban J connectivity index is 2.06. The van der Waals surface area contributed by atoms with E-state index in [0.29, 0.717) is 27.7 Å². The van der Waals surface area contributed by atoms with Gasteiger partial charge in [0.15, 0.2) is 11.5 Å². The maximum absolute atomic E-state index is 13.5. The molecule has 112 valence electrons. The quantitative estimate of drug-likeness (QED) is 0.827. The standard InChI is InChI=1S/C16H17FO3S/c1-19-14-8-7-11(9-15(14)20-2)13(18)10-21-16-6-4-3-5-12(16)17/h3-9,13,18H,10H2,1-2H3. The fraction of sp³-hybridized carbons (Fsp3) is 0.250. The minimum absolute atomic E-state index is 0.276. The van der Waals surface area contributed by atoms with Crippen LogP contribution in [0.25, 0.3) is 0 Å². The fourth-order valence-electron chi connectivity index (χ4n) is 1.89. The summed E-state index contributed by atoms with van der Waals surface area (Å²) < 4.78 is 23.9. The molecule has 3 nitrogen and oxygen atoms in total. The van der Waals surface area contributed by atoms with E-state index >= 15 is 0 Å². The highest BCUT2D eigenvalue weighted by Gasteiger charge is 2.13. The van der Waals surface area contributed by atoms with Crippen molar-refractivity contribution in [3.8, 4) is 11.5 Å². The molecule has 1 N–H and O–H groups in total. The van der Waals surface area contributed by atoms with Gasteiger partial charge in [0.25, 0.3) is 0 Å². The summed E-state index contributed by atoms with van der Waals surface area (Å²) >= 11 is 1.28. The number of hydrogen-bond donors (Lipinski definition) is 1. The lowest BCUT2D eigenvalue weighted by Crippen LogP contribution is -2.02. The van der Waals surface area contributed by atoms with Crippen molar-refractivity contribution in [3.05, 3.63) is 53.8 Å². The van der Waals surface area contributed by atoms with Gasteiger partial charge in [-0.05, 0) is 29.8 Å². The minimum Gasteiger partial charge on any atom is -0.493 e. The van der Waals surface area contributed by atoms with Crippen LogP contribution in [-0.4, -0.2) is 25.1 Å². The summed E-state index contributed by atoms with van der Waals surface area (Å²) in [6.45, 7) is 0. The summed E-state index contributed by atoms with van der Waals surface area (Å²) in [5.41, 5.74) is 0.705. The lowest BCUT2D eigenvalue weighted by atomic mass is 10.1. The third kappa shape index (κ3) is 3.89. The Morgan fingerprint density at radius 3 is 2.48 bits per heavy atom. The van der Waals surface area contributed by atoms with Crippen LogP contribution in [-0.2, 0) is 0 Å². The number of aliphatic hydroxyl groups is 1. The molecule has 1 atom stereocenters. The largest absolute Gasteiger partial charge is 0.493 e. The third-order valence-corrected chi connectivity index (χ3v) is 4.15. The van der Waals surface area contributed by atoms with E-state index < -0.39 is 6.10 Å². The van der Waals surface area contributed by atoms with Gasteiger partial charge in [0, 0.05) is 10.6 Å². The Kier molecular flexibility index (Phi) is 5.47. The topological polar surface area (TPSA) is 38.7 Å². The number of methoxy groups -OCH3 is 2. The van der Waals surface area contributed by atoms with Crippen molar-refractivity contribution in [1.82, 2.24) is 0 Å². The third-order valence-electron chi connectivity index (χ3n) is 3.03. The van der Waals surface area contributed by atoms with Gasteiger partial charge in [0.05, 0.1) is 20.3 Å². The van der Waals surface area contributed by atoms with Crippen LogP contribution in [0.2, 0.25) is 0 Å². The van der Waals surface area contributed by atoms with Gasteiger partial charge >= 0.3 is 0 Å². The van der Waals surface area contributed by atoms with E-state index in [4.69, 9.17) is 9.47 Å². The van der Waals surface area contributed by atoms with E-state index in [9.17, 15) is 9.50 Å². The number of halogens is 1. The molecular formula is C16H17FO3S. The second-order valence-corrected chi connectivity index (χ2v) is 5.43. The maximum Gasteiger partial charge on any atom is 0.161 e. The monoisotopic (exact) mass is 308 g/mol. The Morgan fingerprint density at radius 1 is 1.10 bits per heavy atom. The fourth-order valence-corrected chi connectivity index (χ4v) is 2.80. The van der Waals surface area contributed by atoms with E-state index in [2.05, 4.69) is 0 Å². The molecule has 2 rings (SSSR count). The van der Waals surface area contributed by atoms with Gasteiger partial charge in [-0.1, -0.05) is 18.2 Å². The first kappa shape index (κ1) is 15.7. The van der Waals surface area contributed by atoms with Gasteiger partial charge in [-0.2, -0.15) is 0 Å². The molecule has 0 aliphatic carbocycles. The van der Waals surface area contributed by atoms with Crippen LogP contribution >= 0.6 is 11.8 Å². The number of benzene rings is 2. The molecule has 21 heavy (non-hydrogen) atoms. The zero-order valence-electron chi connectivity index (χ0n) is 11.9. The second kappa shape index (κ2) is 7.33. The van der Waals surface area contributed by atoms with Crippen LogP contribution in [0.1, 0.15) is 11.7 Å². The normalized spacial score (nSPS) is 12.0. The number of thioether (sulfide) groups is 1. The van der Waals surface area contributed by atoms with Gasteiger partial charge in [-0.3, -0.25) is 0 Å². The molecule has 0 spiro atoms. The molecule has 0 saturated carbocycles. The summed E-state index contributed by atoms with van der Waals surface area (Å²) in [7, 11) is 3.10. The van der Waals surface area contributed by atoms with Crippen LogP contribution < -0.4 is 9.47 Å². The Labute approximate surface area is 127 Å². The van der Waals surface area contributed by atoms with Gasteiger partial charge in [-0.15, -0.1) is 11.8 Å². The first-order valence-corrected chi connectivity index (χ1v) is 7.41. The van der Waals surface area contributed by atoms with Crippen molar-refractivity contribution >= 4 is 11.8 Å². The lowest BCUT2D eigenvalue weighted by Gasteiger charge is -2.14. The minimum atomic E-state index is -0.714. The molecule has 0 heterocycles. The highest BCUT2D eigenvalue weighted by molar-refractivity contribution is 7.99. The smallest absolute Gasteiger partial charge is 0.161 e. The molecule has 0 bridgehead atoms. The first-order chi connectivity index (χ1) is 10.2. The van der Waals surface area contributed by atoms with Crippen LogP contribution in [0.4, 0.5) is 4.39 Å². The average molecular weight is 308 g/mol. The van der Waals surface area contributed by atoms with E-state index in [1.807, 2.05) is 0 Å². The van der Waals surface area contributed by atoms with Gasteiger partial charge < -0.3 is 14.6 Å². The highest BCUT2D eigenvalue weighted by atomic mass is 32.2. The highest BCUT2D eigenvalue weighted by Crippen LogP contribution is 2.32. The number of rotatable bonds is 6. The van der Waals surface area contributed by atoms with Crippen molar-refractivity contribution in [2.45, 2.75) is 11.0 Å². The Bertz CT molecular complexity index is 604. The molecule has 0 radical (unpaired) electrons. The molecule has 0 aliphatic heterocycles.